The fourth-order valence-electron chi connectivity index (χ4n) is 3.05. The first-order valence-electron chi connectivity index (χ1n) is 9.75. The van der Waals surface area contributed by atoms with E-state index in [0.717, 1.165) is 6.42 Å². The number of Topliss-reactive ketones (excluding diaryl/α,β-unsaturated/α-hetero) is 1. The molecular weight excluding hydrogens is 370 g/mol. The number of benzene rings is 2. The monoisotopic (exact) mass is 395 g/mol. The molecule has 3 amide bonds. The summed E-state index contributed by atoms with van der Waals surface area (Å²) in [5, 5.41) is 5.46. The summed E-state index contributed by atoms with van der Waals surface area (Å²) >= 11 is 0. The van der Waals surface area contributed by atoms with E-state index in [4.69, 9.17) is 4.74 Å². The van der Waals surface area contributed by atoms with Gasteiger partial charge in [-0.2, -0.15) is 0 Å². The van der Waals surface area contributed by atoms with Crippen molar-refractivity contribution in [2.45, 2.75) is 19.8 Å². The SMILES string of the molecule is CCCC(=O)c1ccc(NC(=O)Nc2ccc(C(=O)N3CCOCC3)cc2)cc1. The standard InChI is InChI=1S/C22H25N3O4/c1-2-3-20(26)16-4-8-18(9-5-16)23-22(28)24-19-10-6-17(7-11-19)21(27)25-12-14-29-15-13-25/h4-11H,2-3,12-15H2,1H3,(H2,23,24,28). The van der Waals surface area contributed by atoms with Crippen molar-refractivity contribution in [3.63, 3.8) is 0 Å². The quantitative estimate of drug-likeness (QED) is 0.729. The molecule has 1 aliphatic heterocycles. The first-order valence-corrected chi connectivity index (χ1v) is 9.75. The molecule has 152 valence electrons. The number of hydrogen-bond donors (Lipinski definition) is 2. The van der Waals surface area contributed by atoms with Crippen molar-refractivity contribution in [3.05, 3.63) is 59.7 Å². The highest BCUT2D eigenvalue weighted by Gasteiger charge is 2.18. The molecule has 0 atom stereocenters. The molecule has 3 rings (SSSR count). The molecule has 0 bridgehead atoms. The van der Waals surface area contributed by atoms with Gasteiger partial charge < -0.3 is 20.3 Å². The van der Waals surface area contributed by atoms with Crippen LogP contribution in [0.5, 0.6) is 0 Å². The van der Waals surface area contributed by atoms with Crippen molar-refractivity contribution in [2.75, 3.05) is 36.9 Å². The Balaban J connectivity index is 1.54. The number of morpholine rings is 1. The van der Waals surface area contributed by atoms with Crippen LogP contribution in [0.15, 0.2) is 48.5 Å². The third kappa shape index (κ3) is 5.65. The van der Waals surface area contributed by atoms with E-state index in [9.17, 15) is 14.4 Å². The van der Waals surface area contributed by atoms with E-state index in [-0.39, 0.29) is 11.7 Å². The zero-order valence-corrected chi connectivity index (χ0v) is 16.4. The number of nitrogens with one attached hydrogen (secondary N) is 2. The largest absolute Gasteiger partial charge is 0.378 e. The van der Waals surface area contributed by atoms with Crippen LogP contribution < -0.4 is 10.6 Å². The lowest BCUT2D eigenvalue weighted by molar-refractivity contribution is 0.0303. The molecule has 0 unspecified atom stereocenters. The second-order valence-electron chi connectivity index (χ2n) is 6.81. The molecule has 2 aromatic carbocycles. The van der Waals surface area contributed by atoms with Gasteiger partial charge in [0.15, 0.2) is 5.78 Å². The van der Waals surface area contributed by atoms with E-state index in [1.807, 2.05) is 6.92 Å². The Morgan fingerprint density at radius 3 is 1.90 bits per heavy atom. The molecule has 2 aromatic rings. The van der Waals surface area contributed by atoms with E-state index < -0.39 is 6.03 Å². The van der Waals surface area contributed by atoms with Crippen molar-refractivity contribution in [2.24, 2.45) is 0 Å². The molecule has 1 aliphatic rings. The normalized spacial score (nSPS) is 13.6. The Morgan fingerprint density at radius 2 is 1.38 bits per heavy atom. The number of anilines is 2. The van der Waals surface area contributed by atoms with E-state index in [1.54, 1.807) is 53.4 Å². The predicted molar refractivity (Wildman–Crippen MR) is 111 cm³/mol. The van der Waals surface area contributed by atoms with Gasteiger partial charge in [0.25, 0.3) is 5.91 Å². The van der Waals surface area contributed by atoms with Crippen molar-refractivity contribution < 1.29 is 19.1 Å². The summed E-state index contributed by atoms with van der Waals surface area (Å²) in [4.78, 5) is 38.2. The number of amides is 3. The lowest BCUT2D eigenvalue weighted by Gasteiger charge is -2.26. The fourth-order valence-corrected chi connectivity index (χ4v) is 3.05. The van der Waals surface area contributed by atoms with Crippen molar-refractivity contribution in [3.8, 4) is 0 Å². The molecule has 0 spiro atoms. The summed E-state index contributed by atoms with van der Waals surface area (Å²) in [5.74, 6) is 0.0530. The van der Waals surface area contributed by atoms with Crippen molar-refractivity contribution >= 4 is 29.1 Å². The number of urea groups is 1. The average Bonchev–Trinajstić information content (AvgIpc) is 2.75. The Hall–Kier alpha value is -3.19. The molecule has 0 aromatic heterocycles. The number of carbonyl (C=O) groups is 3. The zero-order valence-electron chi connectivity index (χ0n) is 16.4. The molecular formula is C22H25N3O4. The molecule has 29 heavy (non-hydrogen) atoms. The average molecular weight is 395 g/mol. The number of ketones is 1. The van der Waals surface area contributed by atoms with Crippen molar-refractivity contribution in [1.82, 2.24) is 4.90 Å². The molecule has 1 saturated heterocycles. The van der Waals surface area contributed by atoms with Gasteiger partial charge >= 0.3 is 6.03 Å². The number of ether oxygens (including phenoxy) is 1. The first-order chi connectivity index (χ1) is 14.1. The van der Waals surface area contributed by atoms with Crippen LogP contribution in [0.25, 0.3) is 0 Å². The zero-order chi connectivity index (χ0) is 20.6. The second-order valence-corrected chi connectivity index (χ2v) is 6.81. The van der Waals surface area contributed by atoms with Gasteiger partial charge in [0, 0.05) is 42.0 Å². The van der Waals surface area contributed by atoms with Crippen molar-refractivity contribution in [1.29, 1.82) is 0 Å². The maximum atomic E-state index is 12.4. The van der Waals surface area contributed by atoms with E-state index in [2.05, 4.69) is 10.6 Å². The summed E-state index contributed by atoms with van der Waals surface area (Å²) in [6.07, 6.45) is 1.31. The molecule has 0 aliphatic carbocycles. The topological polar surface area (TPSA) is 87.7 Å². The summed E-state index contributed by atoms with van der Waals surface area (Å²) < 4.78 is 5.26. The van der Waals surface area contributed by atoms with Crippen LogP contribution in [-0.2, 0) is 4.74 Å². The van der Waals surface area contributed by atoms with Crippen LogP contribution in [0.3, 0.4) is 0 Å². The van der Waals surface area contributed by atoms with Crippen LogP contribution in [0.2, 0.25) is 0 Å². The van der Waals surface area contributed by atoms with Crippen LogP contribution in [0.4, 0.5) is 16.2 Å². The van der Waals surface area contributed by atoms with Gasteiger partial charge in [-0.3, -0.25) is 9.59 Å². The molecule has 7 heteroatoms. The number of rotatable bonds is 6. The Morgan fingerprint density at radius 1 is 0.862 bits per heavy atom. The second kappa shape index (κ2) is 9.84. The minimum Gasteiger partial charge on any atom is -0.378 e. The lowest BCUT2D eigenvalue weighted by Crippen LogP contribution is -2.40. The van der Waals surface area contributed by atoms with Gasteiger partial charge in [-0.1, -0.05) is 6.92 Å². The number of carbonyl (C=O) groups excluding carboxylic acids is 3. The maximum absolute atomic E-state index is 12.4. The summed E-state index contributed by atoms with van der Waals surface area (Å²) in [7, 11) is 0. The Bertz CT molecular complexity index is 857. The predicted octanol–water partition coefficient (Wildman–Crippen LogP) is 3.79. The van der Waals surface area contributed by atoms with E-state index in [1.165, 1.54) is 0 Å². The summed E-state index contributed by atoms with van der Waals surface area (Å²) in [6, 6.07) is 13.2. The lowest BCUT2D eigenvalue weighted by atomic mass is 10.1. The highest BCUT2D eigenvalue weighted by atomic mass is 16.5. The van der Waals surface area contributed by atoms with Gasteiger partial charge in [0.05, 0.1) is 13.2 Å². The third-order valence-corrected chi connectivity index (χ3v) is 4.63. The molecule has 7 nitrogen and oxygen atoms in total. The molecule has 1 heterocycles. The highest BCUT2D eigenvalue weighted by molar-refractivity contribution is 6.01. The van der Waals surface area contributed by atoms with Crippen LogP contribution >= 0.6 is 0 Å². The van der Waals surface area contributed by atoms with Crippen LogP contribution in [-0.4, -0.2) is 48.9 Å². The summed E-state index contributed by atoms with van der Waals surface area (Å²) in [6.45, 7) is 4.25. The third-order valence-electron chi connectivity index (χ3n) is 4.63. The molecule has 0 saturated carbocycles. The van der Waals surface area contributed by atoms with Gasteiger partial charge in [-0.05, 0) is 55.0 Å². The van der Waals surface area contributed by atoms with Gasteiger partial charge in [0.2, 0.25) is 0 Å². The smallest absolute Gasteiger partial charge is 0.323 e. The molecule has 0 radical (unpaired) electrons. The maximum Gasteiger partial charge on any atom is 0.323 e. The van der Waals surface area contributed by atoms with Crippen LogP contribution in [0, 0.1) is 0 Å². The number of hydrogen-bond acceptors (Lipinski definition) is 4. The van der Waals surface area contributed by atoms with E-state index in [0.29, 0.717) is 55.2 Å². The van der Waals surface area contributed by atoms with Gasteiger partial charge in [0.1, 0.15) is 0 Å². The minimum atomic E-state index is -0.398. The minimum absolute atomic E-state index is 0.0398. The summed E-state index contributed by atoms with van der Waals surface area (Å²) in [5.41, 5.74) is 2.38. The Labute approximate surface area is 170 Å². The molecule has 1 fully saturated rings. The van der Waals surface area contributed by atoms with Crippen LogP contribution in [0.1, 0.15) is 40.5 Å². The van der Waals surface area contributed by atoms with E-state index >= 15 is 0 Å². The fraction of sp³-hybridized carbons (Fsp3) is 0.318. The Kier molecular flexibility index (Phi) is 6.97. The highest BCUT2D eigenvalue weighted by Crippen LogP contribution is 2.15. The van der Waals surface area contributed by atoms with Gasteiger partial charge in [-0.15, -0.1) is 0 Å². The molecule has 2 N–H and O–H groups in total. The van der Waals surface area contributed by atoms with Gasteiger partial charge in [-0.25, -0.2) is 4.79 Å². The first kappa shape index (κ1) is 20.5. The number of nitrogens with zero attached hydrogens (tertiary/aromatic N) is 1.